The van der Waals surface area contributed by atoms with E-state index in [1.807, 2.05) is 44.2 Å². The van der Waals surface area contributed by atoms with Gasteiger partial charge in [-0.2, -0.15) is 0 Å². The number of ether oxygens (including phenoxy) is 3. The molecule has 36 heavy (non-hydrogen) atoms. The maximum absolute atomic E-state index is 13.4. The molecule has 0 bridgehead atoms. The molecular formula is C28H34N2O6. The van der Waals surface area contributed by atoms with Gasteiger partial charge < -0.3 is 29.1 Å². The molecule has 1 heterocycles. The lowest BCUT2D eigenvalue weighted by molar-refractivity contribution is -0.129. The molecule has 1 atom stereocenters. The Balaban J connectivity index is 2.09. The van der Waals surface area contributed by atoms with Gasteiger partial charge >= 0.3 is 0 Å². The van der Waals surface area contributed by atoms with Crippen molar-refractivity contribution in [2.75, 3.05) is 47.5 Å². The molecule has 2 aromatic carbocycles. The highest BCUT2D eigenvalue weighted by molar-refractivity contribution is 6.14. The molecule has 0 saturated carbocycles. The average molecular weight is 495 g/mol. The lowest BCUT2D eigenvalue weighted by Gasteiger charge is -2.29. The molecule has 1 amide bonds. The smallest absolute Gasteiger partial charge is 0.290 e. The first-order valence-corrected chi connectivity index (χ1v) is 11.9. The highest BCUT2D eigenvalue weighted by Gasteiger charge is 2.43. The van der Waals surface area contributed by atoms with E-state index in [1.54, 1.807) is 18.2 Å². The summed E-state index contributed by atoms with van der Waals surface area (Å²) in [7, 11) is 4.51. The van der Waals surface area contributed by atoms with Gasteiger partial charge in [0.1, 0.15) is 0 Å². The third-order valence-corrected chi connectivity index (χ3v) is 6.35. The van der Waals surface area contributed by atoms with Crippen molar-refractivity contribution in [2.45, 2.75) is 19.9 Å². The number of aliphatic hydroxyl groups is 1. The van der Waals surface area contributed by atoms with Crippen molar-refractivity contribution < 1.29 is 28.9 Å². The van der Waals surface area contributed by atoms with Crippen LogP contribution in [-0.2, 0) is 9.59 Å². The summed E-state index contributed by atoms with van der Waals surface area (Å²) < 4.78 is 16.5. The average Bonchev–Trinajstić information content (AvgIpc) is 3.17. The minimum atomic E-state index is -0.824. The number of hydrogen-bond donors (Lipinski definition) is 1. The number of nitrogens with zero attached hydrogens (tertiary/aromatic N) is 2. The van der Waals surface area contributed by atoms with Gasteiger partial charge in [-0.25, -0.2) is 0 Å². The van der Waals surface area contributed by atoms with Crippen LogP contribution in [0.25, 0.3) is 6.08 Å². The van der Waals surface area contributed by atoms with Crippen LogP contribution in [0.3, 0.4) is 0 Å². The first kappa shape index (κ1) is 26.8. The van der Waals surface area contributed by atoms with Gasteiger partial charge in [-0.15, -0.1) is 0 Å². The van der Waals surface area contributed by atoms with Crippen LogP contribution in [0.15, 0.2) is 59.9 Å². The molecule has 1 aliphatic heterocycles. The summed E-state index contributed by atoms with van der Waals surface area (Å²) in [6.07, 6.45) is 3.05. The molecule has 3 rings (SSSR count). The number of carbonyl (C=O) groups is 2. The number of carbonyl (C=O) groups excluding carboxylic acids is 2. The van der Waals surface area contributed by atoms with Gasteiger partial charge in [0.25, 0.3) is 5.91 Å². The van der Waals surface area contributed by atoms with Crippen molar-refractivity contribution in [3.05, 3.63) is 71.0 Å². The van der Waals surface area contributed by atoms with Crippen LogP contribution in [-0.4, -0.2) is 74.1 Å². The van der Waals surface area contributed by atoms with Gasteiger partial charge in [-0.1, -0.05) is 50.3 Å². The minimum Gasteiger partial charge on any atom is -0.503 e. The minimum absolute atomic E-state index is 0.0148. The summed E-state index contributed by atoms with van der Waals surface area (Å²) in [6, 6.07) is 11.9. The van der Waals surface area contributed by atoms with Crippen LogP contribution >= 0.6 is 0 Å². The number of allylic oxidation sites excluding steroid dienone is 1. The molecule has 0 aromatic heterocycles. The zero-order valence-corrected chi connectivity index (χ0v) is 21.5. The van der Waals surface area contributed by atoms with Crippen LogP contribution in [0.1, 0.15) is 31.0 Å². The van der Waals surface area contributed by atoms with E-state index >= 15 is 0 Å². The number of ketones is 1. The molecule has 0 radical (unpaired) electrons. The second kappa shape index (κ2) is 12.3. The number of rotatable bonds is 12. The summed E-state index contributed by atoms with van der Waals surface area (Å²) in [5, 5.41) is 10.9. The van der Waals surface area contributed by atoms with Crippen LogP contribution in [0.2, 0.25) is 0 Å². The SMILES string of the molecule is CCN(CC)CCN1C(=O)C(O)=C(C(=O)C=Cc2ccccc2)C1c1cc(OC)c(OC)c(OC)c1. The predicted molar refractivity (Wildman–Crippen MR) is 138 cm³/mol. The van der Waals surface area contributed by atoms with E-state index in [4.69, 9.17) is 14.2 Å². The van der Waals surface area contributed by atoms with E-state index in [-0.39, 0.29) is 5.57 Å². The van der Waals surface area contributed by atoms with Crippen molar-refractivity contribution in [3.63, 3.8) is 0 Å². The van der Waals surface area contributed by atoms with E-state index in [0.717, 1.165) is 18.7 Å². The second-order valence-corrected chi connectivity index (χ2v) is 8.26. The maximum atomic E-state index is 13.4. The Bertz CT molecular complexity index is 1110. The molecule has 2 aromatic rings. The molecule has 0 saturated heterocycles. The molecule has 1 N–H and O–H groups in total. The number of amides is 1. The Morgan fingerprint density at radius 3 is 2.17 bits per heavy atom. The van der Waals surface area contributed by atoms with E-state index < -0.39 is 23.5 Å². The molecule has 8 nitrogen and oxygen atoms in total. The molecule has 192 valence electrons. The normalized spacial score (nSPS) is 15.8. The Kier molecular flexibility index (Phi) is 9.13. The van der Waals surface area contributed by atoms with Crippen LogP contribution in [0.5, 0.6) is 17.2 Å². The van der Waals surface area contributed by atoms with Crippen LogP contribution in [0.4, 0.5) is 0 Å². The number of aliphatic hydroxyl groups excluding tert-OH is 1. The molecule has 1 unspecified atom stereocenters. The molecule has 8 heteroatoms. The Labute approximate surface area is 212 Å². The highest BCUT2D eigenvalue weighted by atomic mass is 16.5. The van der Waals surface area contributed by atoms with Crippen molar-refractivity contribution in [1.29, 1.82) is 0 Å². The lowest BCUT2D eigenvalue weighted by Crippen LogP contribution is -2.38. The van der Waals surface area contributed by atoms with Crippen molar-refractivity contribution in [2.24, 2.45) is 0 Å². The van der Waals surface area contributed by atoms with Crippen molar-refractivity contribution >= 4 is 17.8 Å². The largest absolute Gasteiger partial charge is 0.503 e. The fourth-order valence-electron chi connectivity index (χ4n) is 4.36. The second-order valence-electron chi connectivity index (χ2n) is 8.26. The zero-order chi connectivity index (χ0) is 26.2. The number of hydrogen-bond acceptors (Lipinski definition) is 7. The Morgan fingerprint density at radius 2 is 1.64 bits per heavy atom. The van der Waals surface area contributed by atoms with Gasteiger partial charge in [0, 0.05) is 13.1 Å². The van der Waals surface area contributed by atoms with E-state index in [0.29, 0.717) is 35.9 Å². The third-order valence-electron chi connectivity index (χ3n) is 6.35. The predicted octanol–water partition coefficient (Wildman–Crippen LogP) is 4.03. The number of methoxy groups -OCH3 is 3. The fraction of sp³-hybridized carbons (Fsp3) is 0.357. The van der Waals surface area contributed by atoms with Gasteiger partial charge in [-0.05, 0) is 42.4 Å². The molecule has 0 spiro atoms. The molecule has 1 aliphatic rings. The molecular weight excluding hydrogens is 460 g/mol. The van der Waals surface area contributed by atoms with Crippen molar-refractivity contribution in [1.82, 2.24) is 9.80 Å². The number of likely N-dealkylation sites (N-methyl/N-ethyl adjacent to an activating group) is 1. The van der Waals surface area contributed by atoms with Crippen molar-refractivity contribution in [3.8, 4) is 17.2 Å². The van der Waals surface area contributed by atoms with Gasteiger partial charge in [0.15, 0.2) is 23.0 Å². The first-order chi connectivity index (χ1) is 17.4. The van der Waals surface area contributed by atoms with Gasteiger partial charge in [0.2, 0.25) is 5.75 Å². The number of benzene rings is 2. The maximum Gasteiger partial charge on any atom is 0.290 e. The van der Waals surface area contributed by atoms with E-state index in [9.17, 15) is 14.7 Å². The third kappa shape index (κ3) is 5.54. The summed E-state index contributed by atoms with van der Waals surface area (Å²) >= 11 is 0. The monoisotopic (exact) mass is 494 g/mol. The Morgan fingerprint density at radius 1 is 1.03 bits per heavy atom. The Hall–Kier alpha value is -3.78. The topological polar surface area (TPSA) is 88.5 Å². The fourth-order valence-corrected chi connectivity index (χ4v) is 4.36. The molecule has 0 aliphatic carbocycles. The quantitative estimate of drug-likeness (QED) is 0.446. The van der Waals surface area contributed by atoms with Crippen LogP contribution in [0, 0.1) is 0 Å². The summed E-state index contributed by atoms with van der Waals surface area (Å²) in [4.78, 5) is 30.3. The highest BCUT2D eigenvalue weighted by Crippen LogP contribution is 2.45. The summed E-state index contributed by atoms with van der Waals surface area (Å²) in [6.45, 7) is 6.65. The summed E-state index contributed by atoms with van der Waals surface area (Å²) in [5.74, 6) is -0.406. The lowest BCUT2D eigenvalue weighted by atomic mass is 9.94. The summed E-state index contributed by atoms with van der Waals surface area (Å²) in [5.41, 5.74) is 1.41. The van der Waals surface area contributed by atoms with Crippen LogP contribution < -0.4 is 14.2 Å². The van der Waals surface area contributed by atoms with Gasteiger partial charge in [0.05, 0.1) is 32.9 Å². The zero-order valence-electron chi connectivity index (χ0n) is 21.5. The van der Waals surface area contributed by atoms with E-state index in [1.165, 1.54) is 32.3 Å². The van der Waals surface area contributed by atoms with E-state index in [2.05, 4.69) is 4.90 Å². The van der Waals surface area contributed by atoms with Gasteiger partial charge in [-0.3, -0.25) is 9.59 Å². The molecule has 0 fully saturated rings. The first-order valence-electron chi connectivity index (χ1n) is 11.9. The standard InChI is InChI=1S/C28H34N2O6/c1-6-29(7-2)15-16-30-25(20-17-22(34-3)27(36-5)23(18-20)35-4)24(26(32)28(30)33)21(31)14-13-19-11-9-8-10-12-19/h8-14,17-18,25,32H,6-7,15-16H2,1-5H3.